The highest BCUT2D eigenvalue weighted by atomic mass is 79.9. The van der Waals surface area contributed by atoms with Crippen molar-refractivity contribution in [2.45, 2.75) is 6.54 Å². The first kappa shape index (κ1) is 10.9. The maximum Gasteiger partial charge on any atom is 0.228 e. The number of hydrogen-bond acceptors (Lipinski definition) is 5. The number of nitrogens with two attached hydrogens (primary N) is 1. The SMILES string of the molecule is CN(Cc1ccoc1)c1nc(N)cc(Br)n1. The van der Waals surface area contributed by atoms with Gasteiger partial charge in [0, 0.05) is 25.2 Å². The lowest BCUT2D eigenvalue weighted by atomic mass is 10.3. The van der Waals surface area contributed by atoms with Crippen LogP contribution in [0.5, 0.6) is 0 Å². The Hall–Kier alpha value is -1.56. The average Bonchev–Trinajstić information content (AvgIpc) is 2.68. The van der Waals surface area contributed by atoms with Crippen molar-refractivity contribution in [1.82, 2.24) is 9.97 Å². The van der Waals surface area contributed by atoms with Crippen LogP contribution in [0.4, 0.5) is 11.8 Å². The van der Waals surface area contributed by atoms with Crippen molar-refractivity contribution < 1.29 is 4.42 Å². The van der Waals surface area contributed by atoms with E-state index in [-0.39, 0.29) is 0 Å². The Labute approximate surface area is 101 Å². The minimum absolute atomic E-state index is 0.441. The van der Waals surface area contributed by atoms with E-state index in [1.807, 2.05) is 18.0 Å². The summed E-state index contributed by atoms with van der Waals surface area (Å²) in [7, 11) is 1.90. The highest BCUT2D eigenvalue weighted by Crippen LogP contribution is 2.16. The van der Waals surface area contributed by atoms with Crippen molar-refractivity contribution in [2.75, 3.05) is 17.7 Å². The van der Waals surface area contributed by atoms with Crippen LogP contribution in [0.1, 0.15) is 5.56 Å². The molecule has 0 radical (unpaired) electrons. The summed E-state index contributed by atoms with van der Waals surface area (Å²) in [5.74, 6) is 1.02. The molecule has 0 bridgehead atoms. The third kappa shape index (κ3) is 2.52. The molecule has 0 unspecified atom stereocenters. The molecule has 0 saturated heterocycles. The van der Waals surface area contributed by atoms with Crippen molar-refractivity contribution in [3.05, 3.63) is 34.8 Å². The quantitative estimate of drug-likeness (QED) is 0.873. The van der Waals surface area contributed by atoms with E-state index in [0.29, 0.717) is 22.9 Å². The van der Waals surface area contributed by atoms with Gasteiger partial charge < -0.3 is 15.1 Å². The summed E-state index contributed by atoms with van der Waals surface area (Å²) in [5.41, 5.74) is 6.70. The molecule has 2 aromatic heterocycles. The molecule has 0 aliphatic carbocycles. The van der Waals surface area contributed by atoms with Crippen LogP contribution in [0.25, 0.3) is 0 Å². The Morgan fingerprint density at radius 2 is 2.31 bits per heavy atom. The second-order valence-corrected chi connectivity index (χ2v) is 4.22. The molecule has 2 N–H and O–H groups in total. The molecular weight excluding hydrogens is 272 g/mol. The molecule has 5 nitrogen and oxygen atoms in total. The zero-order valence-electron chi connectivity index (χ0n) is 8.72. The van der Waals surface area contributed by atoms with E-state index < -0.39 is 0 Å². The van der Waals surface area contributed by atoms with Gasteiger partial charge in [-0.2, -0.15) is 4.98 Å². The Morgan fingerprint density at radius 3 is 2.94 bits per heavy atom. The lowest BCUT2D eigenvalue weighted by Crippen LogP contribution is -2.19. The Kier molecular flexibility index (Phi) is 3.09. The van der Waals surface area contributed by atoms with Gasteiger partial charge in [0.25, 0.3) is 0 Å². The Morgan fingerprint density at radius 1 is 1.50 bits per heavy atom. The monoisotopic (exact) mass is 282 g/mol. The van der Waals surface area contributed by atoms with Crippen LogP contribution in [0, 0.1) is 0 Å². The second-order valence-electron chi connectivity index (χ2n) is 3.40. The van der Waals surface area contributed by atoms with Gasteiger partial charge in [-0.05, 0) is 22.0 Å². The first-order valence-electron chi connectivity index (χ1n) is 4.67. The maximum absolute atomic E-state index is 5.64. The van der Waals surface area contributed by atoms with Crippen molar-refractivity contribution in [3.8, 4) is 0 Å². The predicted octanol–water partition coefficient (Wildman–Crippen LogP) is 2.05. The summed E-state index contributed by atoms with van der Waals surface area (Å²) in [5, 5.41) is 0. The summed E-state index contributed by atoms with van der Waals surface area (Å²) in [6.45, 7) is 0.673. The highest BCUT2D eigenvalue weighted by molar-refractivity contribution is 9.10. The fourth-order valence-electron chi connectivity index (χ4n) is 1.32. The fourth-order valence-corrected chi connectivity index (χ4v) is 1.71. The molecule has 0 saturated carbocycles. The van der Waals surface area contributed by atoms with Gasteiger partial charge in [-0.25, -0.2) is 4.98 Å². The van der Waals surface area contributed by atoms with Gasteiger partial charge in [-0.15, -0.1) is 0 Å². The molecule has 2 heterocycles. The second kappa shape index (κ2) is 4.52. The minimum Gasteiger partial charge on any atom is -0.472 e. The predicted molar refractivity (Wildman–Crippen MR) is 65.0 cm³/mol. The molecule has 16 heavy (non-hydrogen) atoms. The lowest BCUT2D eigenvalue weighted by molar-refractivity contribution is 0.563. The van der Waals surface area contributed by atoms with Crippen LogP contribution in [-0.2, 0) is 6.54 Å². The molecule has 0 fully saturated rings. The highest BCUT2D eigenvalue weighted by Gasteiger charge is 2.07. The van der Waals surface area contributed by atoms with Gasteiger partial charge in [-0.3, -0.25) is 0 Å². The van der Waals surface area contributed by atoms with Crippen LogP contribution in [-0.4, -0.2) is 17.0 Å². The minimum atomic E-state index is 0.441. The Balaban J connectivity index is 2.17. The van der Waals surface area contributed by atoms with E-state index in [0.717, 1.165) is 5.56 Å². The number of nitrogen functional groups attached to an aromatic ring is 1. The lowest BCUT2D eigenvalue weighted by Gasteiger charge is -2.16. The zero-order chi connectivity index (χ0) is 11.5. The van der Waals surface area contributed by atoms with E-state index in [9.17, 15) is 0 Å². The van der Waals surface area contributed by atoms with Gasteiger partial charge in [0.05, 0.1) is 12.5 Å². The smallest absolute Gasteiger partial charge is 0.228 e. The van der Waals surface area contributed by atoms with Crippen LogP contribution in [0.2, 0.25) is 0 Å². The van der Waals surface area contributed by atoms with Gasteiger partial charge in [0.15, 0.2) is 0 Å². The molecule has 0 aliphatic heterocycles. The van der Waals surface area contributed by atoms with Crippen molar-refractivity contribution in [1.29, 1.82) is 0 Å². The number of furan rings is 1. The van der Waals surface area contributed by atoms with Crippen LogP contribution >= 0.6 is 15.9 Å². The van der Waals surface area contributed by atoms with E-state index in [2.05, 4.69) is 25.9 Å². The van der Waals surface area contributed by atoms with E-state index in [4.69, 9.17) is 10.2 Å². The van der Waals surface area contributed by atoms with Crippen LogP contribution in [0.15, 0.2) is 33.7 Å². The summed E-state index contributed by atoms with van der Waals surface area (Å²) >= 11 is 3.28. The zero-order valence-corrected chi connectivity index (χ0v) is 10.3. The number of rotatable bonds is 3. The molecule has 6 heteroatoms. The number of anilines is 2. The van der Waals surface area contributed by atoms with Gasteiger partial charge in [-0.1, -0.05) is 0 Å². The Bertz CT molecular complexity index is 451. The fraction of sp³-hybridized carbons (Fsp3) is 0.200. The summed E-state index contributed by atoms with van der Waals surface area (Å²) in [6.07, 6.45) is 3.33. The molecule has 84 valence electrons. The molecule has 0 aromatic carbocycles. The van der Waals surface area contributed by atoms with Crippen LogP contribution in [0.3, 0.4) is 0 Å². The molecule has 2 aromatic rings. The molecule has 0 atom stereocenters. The number of halogens is 1. The number of aromatic nitrogens is 2. The van der Waals surface area contributed by atoms with Crippen molar-refractivity contribution in [2.24, 2.45) is 0 Å². The van der Waals surface area contributed by atoms with Gasteiger partial charge in [0.1, 0.15) is 10.4 Å². The van der Waals surface area contributed by atoms with Crippen LogP contribution < -0.4 is 10.6 Å². The normalized spacial score (nSPS) is 10.4. The van der Waals surface area contributed by atoms with E-state index in [1.165, 1.54) is 0 Å². The standard InChI is InChI=1S/C10H11BrN4O/c1-15(5-7-2-3-16-6-7)10-13-8(11)4-9(12)14-10/h2-4,6H,5H2,1H3,(H2,12,13,14). The molecular formula is C10H11BrN4O. The summed E-state index contributed by atoms with van der Waals surface area (Å²) < 4.78 is 5.67. The summed E-state index contributed by atoms with van der Waals surface area (Å²) in [4.78, 5) is 10.3. The molecule has 0 aliphatic rings. The average molecular weight is 283 g/mol. The largest absolute Gasteiger partial charge is 0.472 e. The third-order valence-corrected chi connectivity index (χ3v) is 2.45. The third-order valence-electron chi connectivity index (χ3n) is 2.04. The molecule has 0 amide bonds. The first-order valence-corrected chi connectivity index (χ1v) is 5.47. The van der Waals surface area contributed by atoms with E-state index >= 15 is 0 Å². The molecule has 2 rings (SSSR count). The van der Waals surface area contributed by atoms with Crippen molar-refractivity contribution >= 4 is 27.7 Å². The van der Waals surface area contributed by atoms with Crippen molar-refractivity contribution in [3.63, 3.8) is 0 Å². The van der Waals surface area contributed by atoms with E-state index in [1.54, 1.807) is 18.6 Å². The summed E-state index contributed by atoms with van der Waals surface area (Å²) in [6, 6.07) is 3.56. The topological polar surface area (TPSA) is 68.2 Å². The first-order chi connectivity index (χ1) is 7.65. The van der Waals surface area contributed by atoms with Gasteiger partial charge in [0.2, 0.25) is 5.95 Å². The number of nitrogens with zero attached hydrogens (tertiary/aromatic N) is 3. The van der Waals surface area contributed by atoms with Gasteiger partial charge >= 0.3 is 0 Å². The number of hydrogen-bond donors (Lipinski definition) is 1. The molecule has 0 spiro atoms. The maximum atomic E-state index is 5.64.